The summed E-state index contributed by atoms with van der Waals surface area (Å²) in [7, 11) is 1.96. The monoisotopic (exact) mass is 346 g/mol. The Labute approximate surface area is 155 Å². The smallest absolute Gasteiger partial charge is 0.229 e. The quantitative estimate of drug-likeness (QED) is 0.706. The molecule has 5 rings (SSSR count). The molecule has 134 valence electrons. The summed E-state index contributed by atoms with van der Waals surface area (Å²) in [5.41, 5.74) is 6.95. The van der Waals surface area contributed by atoms with Crippen LogP contribution in [0.4, 0.5) is 0 Å². The molecule has 1 atom stereocenters. The molecule has 3 aliphatic rings. The van der Waals surface area contributed by atoms with Crippen molar-refractivity contribution in [2.24, 2.45) is 5.41 Å². The fraction of sp³-hybridized carbons (Fsp3) is 0.435. The third-order valence-corrected chi connectivity index (χ3v) is 6.65. The first kappa shape index (κ1) is 16.1. The third kappa shape index (κ3) is 2.49. The van der Waals surface area contributed by atoms with Crippen LogP contribution >= 0.6 is 0 Å². The number of piperidine rings is 1. The van der Waals surface area contributed by atoms with Gasteiger partial charge in [-0.15, -0.1) is 0 Å². The highest BCUT2D eigenvalue weighted by Crippen LogP contribution is 2.41. The normalized spacial score (nSPS) is 25.0. The van der Waals surface area contributed by atoms with E-state index in [9.17, 15) is 4.79 Å². The molecule has 0 saturated carbocycles. The van der Waals surface area contributed by atoms with Crippen LogP contribution in [0.25, 0.3) is 11.1 Å². The van der Waals surface area contributed by atoms with E-state index < -0.39 is 0 Å². The minimum atomic E-state index is -0.111. The van der Waals surface area contributed by atoms with Gasteiger partial charge in [-0.2, -0.15) is 0 Å². The van der Waals surface area contributed by atoms with Crippen molar-refractivity contribution in [1.29, 1.82) is 0 Å². The van der Waals surface area contributed by atoms with Crippen molar-refractivity contribution >= 4 is 5.91 Å². The van der Waals surface area contributed by atoms with Crippen molar-refractivity contribution in [3.05, 3.63) is 59.2 Å². The second kappa shape index (κ2) is 5.95. The SMILES string of the molecule is CN1CCCC2(CCN(Cc3ccc4c(c3)Cc3ccccc3-4)C2)C1=O. The lowest BCUT2D eigenvalue weighted by molar-refractivity contribution is -0.143. The van der Waals surface area contributed by atoms with Crippen molar-refractivity contribution < 1.29 is 4.79 Å². The Morgan fingerprint density at radius 2 is 1.85 bits per heavy atom. The van der Waals surface area contributed by atoms with Gasteiger partial charge in [-0.3, -0.25) is 9.69 Å². The lowest BCUT2D eigenvalue weighted by atomic mass is 9.78. The van der Waals surface area contributed by atoms with Gasteiger partial charge >= 0.3 is 0 Å². The first-order chi connectivity index (χ1) is 12.6. The zero-order chi connectivity index (χ0) is 17.7. The summed E-state index contributed by atoms with van der Waals surface area (Å²) >= 11 is 0. The maximum absolute atomic E-state index is 12.7. The first-order valence-corrected chi connectivity index (χ1v) is 9.83. The molecule has 3 nitrogen and oxygen atoms in total. The lowest BCUT2D eigenvalue weighted by Gasteiger charge is -2.37. The van der Waals surface area contributed by atoms with E-state index in [1.807, 2.05) is 11.9 Å². The maximum atomic E-state index is 12.7. The molecule has 1 amide bonds. The number of carbonyl (C=O) groups excluding carboxylic acids is 1. The third-order valence-electron chi connectivity index (χ3n) is 6.65. The van der Waals surface area contributed by atoms with Gasteiger partial charge in [0.25, 0.3) is 0 Å². The van der Waals surface area contributed by atoms with Crippen molar-refractivity contribution in [2.75, 3.05) is 26.7 Å². The molecular formula is C23H26N2O. The summed E-state index contributed by atoms with van der Waals surface area (Å²) < 4.78 is 0. The van der Waals surface area contributed by atoms with Crippen LogP contribution < -0.4 is 0 Å². The van der Waals surface area contributed by atoms with Crippen molar-refractivity contribution in [3.63, 3.8) is 0 Å². The Morgan fingerprint density at radius 1 is 1.00 bits per heavy atom. The average molecular weight is 346 g/mol. The Kier molecular flexibility index (Phi) is 3.68. The number of hydrogen-bond donors (Lipinski definition) is 0. The molecular weight excluding hydrogens is 320 g/mol. The van der Waals surface area contributed by atoms with Gasteiger partial charge in [-0.05, 0) is 60.0 Å². The largest absolute Gasteiger partial charge is 0.345 e. The highest BCUT2D eigenvalue weighted by Gasteiger charge is 2.47. The standard InChI is InChI=1S/C23H26N2O/c1-24-11-4-9-23(22(24)26)10-12-25(16-23)15-17-7-8-21-19(13-17)14-18-5-2-3-6-20(18)21/h2-3,5-8,13H,4,9-12,14-16H2,1H3. The number of fused-ring (bicyclic) bond motifs is 3. The molecule has 2 aromatic rings. The fourth-order valence-corrected chi connectivity index (χ4v) is 5.29. The zero-order valence-electron chi connectivity index (χ0n) is 15.5. The van der Waals surface area contributed by atoms with Crippen molar-refractivity contribution in [2.45, 2.75) is 32.2 Å². The highest BCUT2D eigenvalue weighted by molar-refractivity contribution is 5.84. The van der Waals surface area contributed by atoms with E-state index in [4.69, 9.17) is 0 Å². The molecule has 3 heteroatoms. The Bertz CT molecular complexity index is 874. The summed E-state index contributed by atoms with van der Waals surface area (Å²) in [6.07, 6.45) is 4.28. The molecule has 2 aromatic carbocycles. The van der Waals surface area contributed by atoms with Crippen molar-refractivity contribution in [3.8, 4) is 11.1 Å². The van der Waals surface area contributed by atoms with E-state index in [1.54, 1.807) is 0 Å². The first-order valence-electron chi connectivity index (χ1n) is 9.83. The second-order valence-corrected chi connectivity index (χ2v) is 8.40. The van der Waals surface area contributed by atoms with Crippen LogP contribution in [0.5, 0.6) is 0 Å². The van der Waals surface area contributed by atoms with Crippen LogP contribution in [-0.2, 0) is 17.8 Å². The van der Waals surface area contributed by atoms with Gasteiger partial charge in [-0.25, -0.2) is 0 Å². The van der Waals surface area contributed by atoms with Gasteiger partial charge in [0, 0.05) is 26.7 Å². The molecule has 1 unspecified atom stereocenters. The minimum Gasteiger partial charge on any atom is -0.345 e. The number of amides is 1. The average Bonchev–Trinajstić information content (AvgIpc) is 3.21. The molecule has 0 radical (unpaired) electrons. The van der Waals surface area contributed by atoms with Crippen LogP contribution in [0.15, 0.2) is 42.5 Å². The van der Waals surface area contributed by atoms with Crippen LogP contribution in [0.2, 0.25) is 0 Å². The molecule has 2 fully saturated rings. The number of nitrogens with zero attached hydrogens (tertiary/aromatic N) is 2. The van der Waals surface area contributed by atoms with E-state index in [0.717, 1.165) is 51.9 Å². The number of benzene rings is 2. The van der Waals surface area contributed by atoms with Gasteiger partial charge in [0.15, 0.2) is 0 Å². The van der Waals surface area contributed by atoms with Crippen LogP contribution in [0.3, 0.4) is 0 Å². The van der Waals surface area contributed by atoms with Crippen LogP contribution in [0, 0.1) is 5.41 Å². The predicted molar refractivity (Wildman–Crippen MR) is 104 cm³/mol. The van der Waals surface area contributed by atoms with Gasteiger partial charge in [0.2, 0.25) is 5.91 Å². The molecule has 1 aliphatic carbocycles. The topological polar surface area (TPSA) is 23.6 Å². The second-order valence-electron chi connectivity index (χ2n) is 8.40. The summed E-state index contributed by atoms with van der Waals surface area (Å²) in [6.45, 7) is 3.85. The van der Waals surface area contributed by atoms with Gasteiger partial charge in [-0.1, -0.05) is 42.5 Å². The summed E-state index contributed by atoms with van der Waals surface area (Å²) in [5.74, 6) is 0.371. The minimum absolute atomic E-state index is 0.111. The predicted octanol–water partition coefficient (Wildman–Crippen LogP) is 3.70. The number of rotatable bonds is 2. The number of likely N-dealkylation sites (tertiary alicyclic amines) is 2. The van der Waals surface area contributed by atoms with Gasteiger partial charge in [0.1, 0.15) is 0 Å². The molecule has 0 bridgehead atoms. The highest BCUT2D eigenvalue weighted by atomic mass is 16.2. The Hall–Kier alpha value is -2.13. The number of hydrogen-bond acceptors (Lipinski definition) is 2. The van der Waals surface area contributed by atoms with Gasteiger partial charge in [0.05, 0.1) is 5.41 Å². The molecule has 26 heavy (non-hydrogen) atoms. The maximum Gasteiger partial charge on any atom is 0.229 e. The molecule has 2 saturated heterocycles. The molecule has 0 N–H and O–H groups in total. The van der Waals surface area contributed by atoms with Crippen LogP contribution in [-0.4, -0.2) is 42.4 Å². The fourth-order valence-electron chi connectivity index (χ4n) is 5.29. The summed E-state index contributed by atoms with van der Waals surface area (Å²) in [6, 6.07) is 15.7. The lowest BCUT2D eigenvalue weighted by Crippen LogP contribution is -2.48. The van der Waals surface area contributed by atoms with E-state index >= 15 is 0 Å². The summed E-state index contributed by atoms with van der Waals surface area (Å²) in [5, 5.41) is 0. The van der Waals surface area contributed by atoms with E-state index in [2.05, 4.69) is 47.4 Å². The van der Waals surface area contributed by atoms with Crippen LogP contribution in [0.1, 0.15) is 36.0 Å². The molecule has 0 aromatic heterocycles. The molecule has 1 spiro atoms. The van der Waals surface area contributed by atoms with Gasteiger partial charge < -0.3 is 4.90 Å². The van der Waals surface area contributed by atoms with E-state index in [0.29, 0.717) is 5.91 Å². The van der Waals surface area contributed by atoms with E-state index in [-0.39, 0.29) is 5.41 Å². The number of carbonyl (C=O) groups is 1. The van der Waals surface area contributed by atoms with E-state index in [1.165, 1.54) is 27.8 Å². The summed E-state index contributed by atoms with van der Waals surface area (Å²) in [4.78, 5) is 17.2. The Morgan fingerprint density at radius 3 is 2.77 bits per heavy atom. The molecule has 2 aliphatic heterocycles. The zero-order valence-corrected chi connectivity index (χ0v) is 15.5. The Balaban J connectivity index is 1.33. The molecule has 2 heterocycles. The van der Waals surface area contributed by atoms with Crippen molar-refractivity contribution in [1.82, 2.24) is 9.80 Å².